The molecule has 0 unspecified atom stereocenters. The molecule has 5 aromatic rings. The molecule has 0 aliphatic heterocycles. The first kappa shape index (κ1) is 17.9. The molecule has 0 fully saturated rings. The number of aryl methyl sites for hydroxylation is 1. The fourth-order valence-corrected chi connectivity index (χ4v) is 3.56. The molecule has 3 heterocycles. The maximum absolute atomic E-state index is 13.4. The van der Waals surface area contributed by atoms with Crippen LogP contribution in [-0.2, 0) is 7.05 Å². The monoisotopic (exact) mass is 402 g/mol. The van der Waals surface area contributed by atoms with E-state index in [4.69, 9.17) is 4.74 Å². The predicted octanol–water partition coefficient (Wildman–Crippen LogP) is 4.75. The lowest BCUT2D eigenvalue weighted by molar-refractivity contribution is 0.0698. The number of H-pyrrole nitrogens is 1. The first-order chi connectivity index (χ1) is 14.5. The van der Waals surface area contributed by atoms with Gasteiger partial charge in [0.2, 0.25) is 0 Å². The molecule has 0 aliphatic rings. The number of aromatic amines is 1. The maximum Gasteiger partial charge on any atom is 0.337 e. The minimum Gasteiger partial charge on any atom is -0.478 e. The Morgan fingerprint density at radius 1 is 1.10 bits per heavy atom. The number of aromatic nitrogens is 4. The number of ether oxygens (including phenoxy) is 1. The van der Waals surface area contributed by atoms with Crippen LogP contribution in [0, 0.1) is 5.82 Å². The van der Waals surface area contributed by atoms with Gasteiger partial charge in [-0.1, -0.05) is 6.07 Å². The zero-order valence-electron chi connectivity index (χ0n) is 15.8. The maximum atomic E-state index is 13.4. The number of carbonyl (C=O) groups is 1. The fourth-order valence-electron chi connectivity index (χ4n) is 3.56. The molecule has 7 nitrogen and oxygen atoms in total. The number of carboxylic acid groups (broad SMARTS) is 1. The number of hydrogen-bond acceptors (Lipinski definition) is 4. The van der Waals surface area contributed by atoms with Crippen LogP contribution < -0.4 is 4.74 Å². The second-order valence-corrected chi connectivity index (χ2v) is 6.82. The molecule has 0 atom stereocenters. The second-order valence-electron chi connectivity index (χ2n) is 6.82. The van der Waals surface area contributed by atoms with Crippen molar-refractivity contribution < 1.29 is 19.0 Å². The number of pyridine rings is 1. The minimum atomic E-state index is -1.02. The topological polar surface area (TPSA) is 93.0 Å². The summed E-state index contributed by atoms with van der Waals surface area (Å²) in [5.41, 5.74) is 3.35. The average Bonchev–Trinajstić information content (AvgIpc) is 3.26. The molecule has 0 radical (unpaired) electrons. The molecule has 30 heavy (non-hydrogen) atoms. The lowest BCUT2D eigenvalue weighted by Crippen LogP contribution is -1.98. The predicted molar refractivity (Wildman–Crippen MR) is 109 cm³/mol. The third-order valence-corrected chi connectivity index (χ3v) is 4.84. The third-order valence-electron chi connectivity index (χ3n) is 4.84. The van der Waals surface area contributed by atoms with Crippen LogP contribution in [0.1, 0.15) is 10.4 Å². The first-order valence-corrected chi connectivity index (χ1v) is 9.11. The van der Waals surface area contributed by atoms with Gasteiger partial charge in [-0.15, -0.1) is 0 Å². The summed E-state index contributed by atoms with van der Waals surface area (Å²) in [6, 6.07) is 14.6. The number of benzene rings is 2. The second kappa shape index (κ2) is 6.70. The van der Waals surface area contributed by atoms with Gasteiger partial charge in [-0.3, -0.25) is 9.67 Å². The van der Waals surface area contributed by atoms with E-state index >= 15 is 0 Å². The number of nitrogens with zero attached hydrogens (tertiary/aromatic N) is 3. The van der Waals surface area contributed by atoms with Crippen molar-refractivity contribution in [2.75, 3.05) is 0 Å². The highest BCUT2D eigenvalue weighted by molar-refractivity contribution is 6.03. The molecule has 0 bridgehead atoms. The van der Waals surface area contributed by atoms with Crippen LogP contribution in [-0.4, -0.2) is 30.8 Å². The SMILES string of the molecule is Cn1nc2cc(Oc3cccc(F)c3)ccc2c1-c1cc2nccc(C(=O)O)c2[nH]1. The van der Waals surface area contributed by atoms with E-state index < -0.39 is 5.97 Å². The van der Waals surface area contributed by atoms with Crippen LogP contribution >= 0.6 is 0 Å². The Balaban J connectivity index is 1.59. The van der Waals surface area contributed by atoms with E-state index in [9.17, 15) is 14.3 Å². The van der Waals surface area contributed by atoms with E-state index in [1.54, 1.807) is 42.1 Å². The van der Waals surface area contributed by atoms with Crippen molar-refractivity contribution >= 4 is 27.9 Å². The lowest BCUT2D eigenvalue weighted by Gasteiger charge is -2.05. The number of carboxylic acids is 1. The molecule has 3 aromatic heterocycles. The van der Waals surface area contributed by atoms with Crippen LogP contribution in [0.5, 0.6) is 11.5 Å². The van der Waals surface area contributed by atoms with Gasteiger partial charge in [-0.25, -0.2) is 9.18 Å². The molecule has 0 spiro atoms. The number of aromatic carboxylic acids is 1. The zero-order chi connectivity index (χ0) is 20.8. The van der Waals surface area contributed by atoms with Gasteiger partial charge in [0.05, 0.1) is 33.5 Å². The number of fused-ring (bicyclic) bond motifs is 2. The van der Waals surface area contributed by atoms with E-state index in [0.717, 1.165) is 11.1 Å². The summed E-state index contributed by atoms with van der Waals surface area (Å²) in [6.07, 6.45) is 1.47. The van der Waals surface area contributed by atoms with Crippen molar-refractivity contribution in [3.8, 4) is 22.9 Å². The molecule has 148 valence electrons. The number of halogens is 1. The van der Waals surface area contributed by atoms with Crippen LogP contribution in [0.2, 0.25) is 0 Å². The Labute approximate surface area is 169 Å². The summed E-state index contributed by atoms with van der Waals surface area (Å²) in [5.74, 6) is -0.468. The highest BCUT2D eigenvalue weighted by atomic mass is 19.1. The van der Waals surface area contributed by atoms with Crippen molar-refractivity contribution in [2.45, 2.75) is 0 Å². The van der Waals surface area contributed by atoms with Crippen molar-refractivity contribution in [1.82, 2.24) is 19.7 Å². The molecule has 2 aromatic carbocycles. The van der Waals surface area contributed by atoms with Crippen LogP contribution in [0.25, 0.3) is 33.3 Å². The van der Waals surface area contributed by atoms with Crippen LogP contribution in [0.4, 0.5) is 4.39 Å². The van der Waals surface area contributed by atoms with Crippen molar-refractivity contribution in [2.24, 2.45) is 7.05 Å². The van der Waals surface area contributed by atoms with Gasteiger partial charge in [0, 0.05) is 30.8 Å². The Morgan fingerprint density at radius 2 is 1.93 bits per heavy atom. The summed E-state index contributed by atoms with van der Waals surface area (Å²) in [7, 11) is 1.81. The number of hydrogen-bond donors (Lipinski definition) is 2. The van der Waals surface area contributed by atoms with Gasteiger partial charge >= 0.3 is 5.97 Å². The standard InChI is InChI=1S/C22H15FN4O3/c1-27-21(19-11-18-20(25-19)16(22(28)29)7-8-24-18)15-6-5-14(10-17(15)26-27)30-13-4-2-3-12(23)9-13/h2-11,25H,1H3,(H,28,29). The molecule has 5 rings (SSSR count). The van der Waals surface area contributed by atoms with E-state index in [2.05, 4.69) is 15.1 Å². The van der Waals surface area contributed by atoms with E-state index in [1.165, 1.54) is 24.4 Å². The van der Waals surface area contributed by atoms with Crippen LogP contribution in [0.3, 0.4) is 0 Å². The average molecular weight is 402 g/mol. The third kappa shape index (κ3) is 2.95. The van der Waals surface area contributed by atoms with Gasteiger partial charge < -0.3 is 14.8 Å². The van der Waals surface area contributed by atoms with Crippen molar-refractivity contribution in [3.05, 3.63) is 72.2 Å². The van der Waals surface area contributed by atoms with Crippen LogP contribution in [0.15, 0.2) is 60.8 Å². The molecular formula is C22H15FN4O3. The Kier molecular flexibility index (Phi) is 3.99. The Morgan fingerprint density at radius 3 is 2.73 bits per heavy atom. The first-order valence-electron chi connectivity index (χ1n) is 9.11. The lowest BCUT2D eigenvalue weighted by atomic mass is 10.1. The molecule has 0 amide bonds. The largest absolute Gasteiger partial charge is 0.478 e. The van der Waals surface area contributed by atoms with Crippen molar-refractivity contribution in [3.63, 3.8) is 0 Å². The zero-order valence-corrected chi connectivity index (χ0v) is 15.8. The highest BCUT2D eigenvalue weighted by Gasteiger charge is 2.17. The molecule has 0 saturated carbocycles. The number of nitrogens with one attached hydrogen (secondary N) is 1. The smallest absolute Gasteiger partial charge is 0.337 e. The quantitative estimate of drug-likeness (QED) is 0.453. The molecule has 8 heteroatoms. The van der Waals surface area contributed by atoms with E-state index in [0.29, 0.717) is 33.7 Å². The summed E-state index contributed by atoms with van der Waals surface area (Å²) >= 11 is 0. The van der Waals surface area contributed by atoms with Gasteiger partial charge in [0.25, 0.3) is 0 Å². The van der Waals surface area contributed by atoms with E-state index in [-0.39, 0.29) is 11.4 Å². The van der Waals surface area contributed by atoms with Gasteiger partial charge in [-0.05, 0) is 36.4 Å². The minimum absolute atomic E-state index is 0.156. The summed E-state index contributed by atoms with van der Waals surface area (Å²) < 4.78 is 20.8. The highest BCUT2D eigenvalue weighted by Crippen LogP contribution is 2.33. The summed E-state index contributed by atoms with van der Waals surface area (Å²) in [4.78, 5) is 18.9. The molecule has 0 aliphatic carbocycles. The molecule has 0 saturated heterocycles. The summed E-state index contributed by atoms with van der Waals surface area (Å²) in [6.45, 7) is 0. The molecule has 2 N–H and O–H groups in total. The van der Waals surface area contributed by atoms with E-state index in [1.807, 2.05) is 6.07 Å². The van der Waals surface area contributed by atoms with Gasteiger partial charge in [-0.2, -0.15) is 5.10 Å². The Bertz CT molecular complexity index is 1440. The van der Waals surface area contributed by atoms with Crippen molar-refractivity contribution in [1.29, 1.82) is 0 Å². The Hall–Kier alpha value is -4.20. The fraction of sp³-hybridized carbons (Fsp3) is 0.0455. The normalized spacial score (nSPS) is 11.3. The summed E-state index contributed by atoms with van der Waals surface area (Å²) in [5, 5.41) is 14.8. The molecular weight excluding hydrogens is 387 g/mol. The van der Waals surface area contributed by atoms with Gasteiger partial charge in [0.15, 0.2) is 0 Å². The number of rotatable bonds is 4. The van der Waals surface area contributed by atoms with Gasteiger partial charge in [0.1, 0.15) is 17.3 Å².